The third-order valence-corrected chi connectivity index (χ3v) is 3.04. The molecule has 5 heteroatoms. The summed E-state index contributed by atoms with van der Waals surface area (Å²) in [6.07, 6.45) is 0.799. The average molecular weight is 259 g/mol. The molecule has 0 fully saturated rings. The zero-order valence-corrected chi connectivity index (χ0v) is 10.3. The van der Waals surface area contributed by atoms with E-state index >= 15 is 0 Å². The van der Waals surface area contributed by atoms with Crippen LogP contribution in [0.25, 0.3) is 11.0 Å². The standard InChI is InChI=1S/C13H11ClN4/c14-11-10-7-9(6-8-4-2-1-3-5-8)16-12(10)18-13(15)17-11/h1-5,7H,6H2,(H3,15,16,17,18). The normalized spacial score (nSPS) is 10.9. The lowest BCUT2D eigenvalue weighted by Gasteiger charge is -1.97. The van der Waals surface area contributed by atoms with Crippen molar-refractivity contribution >= 4 is 28.6 Å². The molecule has 0 amide bonds. The fourth-order valence-electron chi connectivity index (χ4n) is 1.95. The van der Waals surface area contributed by atoms with Crippen LogP contribution in [0.4, 0.5) is 5.95 Å². The number of rotatable bonds is 2. The Kier molecular flexibility index (Phi) is 2.64. The fraction of sp³-hybridized carbons (Fsp3) is 0.0769. The number of hydrogen-bond acceptors (Lipinski definition) is 3. The highest BCUT2D eigenvalue weighted by molar-refractivity contribution is 6.34. The lowest BCUT2D eigenvalue weighted by atomic mass is 10.1. The highest BCUT2D eigenvalue weighted by Gasteiger charge is 2.08. The number of aromatic amines is 1. The molecule has 1 aromatic carbocycles. The number of nitrogens with two attached hydrogens (primary N) is 1. The van der Waals surface area contributed by atoms with Crippen LogP contribution in [0.2, 0.25) is 5.15 Å². The van der Waals surface area contributed by atoms with Gasteiger partial charge in [-0.05, 0) is 11.6 Å². The van der Waals surface area contributed by atoms with Gasteiger partial charge in [0.2, 0.25) is 5.95 Å². The first-order chi connectivity index (χ1) is 8.72. The predicted molar refractivity (Wildman–Crippen MR) is 72.6 cm³/mol. The molecule has 4 nitrogen and oxygen atoms in total. The van der Waals surface area contributed by atoms with Crippen LogP contribution in [0.5, 0.6) is 0 Å². The van der Waals surface area contributed by atoms with Crippen LogP contribution in [0.3, 0.4) is 0 Å². The van der Waals surface area contributed by atoms with Crippen molar-refractivity contribution in [1.29, 1.82) is 0 Å². The summed E-state index contributed by atoms with van der Waals surface area (Å²) in [7, 11) is 0. The third-order valence-electron chi connectivity index (χ3n) is 2.75. The molecular weight excluding hydrogens is 248 g/mol. The van der Waals surface area contributed by atoms with Crippen molar-refractivity contribution in [2.45, 2.75) is 6.42 Å². The topological polar surface area (TPSA) is 67.6 Å². The number of halogens is 1. The van der Waals surface area contributed by atoms with Crippen LogP contribution in [0, 0.1) is 0 Å². The van der Waals surface area contributed by atoms with Gasteiger partial charge in [-0.2, -0.15) is 4.98 Å². The SMILES string of the molecule is Nc1nc(Cl)c2cc(Cc3ccccc3)[nH]c2n1. The van der Waals surface area contributed by atoms with Crippen molar-refractivity contribution in [2.75, 3.05) is 5.73 Å². The van der Waals surface area contributed by atoms with E-state index in [4.69, 9.17) is 17.3 Å². The van der Waals surface area contributed by atoms with Crippen LogP contribution < -0.4 is 5.73 Å². The van der Waals surface area contributed by atoms with E-state index < -0.39 is 0 Å². The summed E-state index contributed by atoms with van der Waals surface area (Å²) in [4.78, 5) is 11.3. The summed E-state index contributed by atoms with van der Waals surface area (Å²) >= 11 is 6.03. The molecule has 0 unspecified atom stereocenters. The highest BCUT2D eigenvalue weighted by atomic mass is 35.5. The van der Waals surface area contributed by atoms with Crippen molar-refractivity contribution in [2.24, 2.45) is 0 Å². The smallest absolute Gasteiger partial charge is 0.223 e. The van der Waals surface area contributed by atoms with E-state index in [1.165, 1.54) is 5.56 Å². The van der Waals surface area contributed by atoms with Gasteiger partial charge in [-0.1, -0.05) is 41.9 Å². The summed E-state index contributed by atoms with van der Waals surface area (Å²) in [6, 6.07) is 12.1. The molecule has 2 heterocycles. The average Bonchev–Trinajstić information content (AvgIpc) is 2.73. The van der Waals surface area contributed by atoms with Gasteiger partial charge in [0.25, 0.3) is 0 Å². The van der Waals surface area contributed by atoms with E-state index in [9.17, 15) is 0 Å². The maximum absolute atomic E-state index is 6.03. The Hall–Kier alpha value is -2.07. The maximum Gasteiger partial charge on any atom is 0.223 e. The summed E-state index contributed by atoms with van der Waals surface area (Å²) < 4.78 is 0. The summed E-state index contributed by atoms with van der Waals surface area (Å²) in [6.45, 7) is 0. The lowest BCUT2D eigenvalue weighted by molar-refractivity contribution is 1.11. The zero-order chi connectivity index (χ0) is 12.5. The molecule has 0 aliphatic rings. The number of nitrogen functional groups attached to an aromatic ring is 1. The minimum atomic E-state index is 0.181. The Morgan fingerprint density at radius 2 is 1.94 bits per heavy atom. The molecule has 90 valence electrons. The van der Waals surface area contributed by atoms with E-state index in [0.717, 1.165) is 17.5 Å². The van der Waals surface area contributed by atoms with Crippen molar-refractivity contribution < 1.29 is 0 Å². The Bertz CT molecular complexity index is 691. The monoisotopic (exact) mass is 258 g/mol. The first-order valence-corrected chi connectivity index (χ1v) is 5.95. The second-order valence-corrected chi connectivity index (χ2v) is 4.45. The van der Waals surface area contributed by atoms with E-state index in [1.54, 1.807) is 0 Å². The minimum absolute atomic E-state index is 0.181. The molecule has 3 aromatic rings. The molecule has 0 saturated carbocycles. The van der Waals surface area contributed by atoms with Gasteiger partial charge in [0.15, 0.2) is 0 Å². The van der Waals surface area contributed by atoms with Crippen molar-refractivity contribution in [3.05, 3.63) is 52.8 Å². The van der Waals surface area contributed by atoms with Gasteiger partial charge in [0.1, 0.15) is 10.8 Å². The van der Waals surface area contributed by atoms with Gasteiger partial charge in [-0.15, -0.1) is 0 Å². The Balaban J connectivity index is 2.01. The van der Waals surface area contributed by atoms with E-state index in [1.807, 2.05) is 24.3 Å². The molecule has 0 radical (unpaired) electrons. The number of fused-ring (bicyclic) bond motifs is 1. The van der Waals surface area contributed by atoms with E-state index in [2.05, 4.69) is 27.1 Å². The summed E-state index contributed by atoms with van der Waals surface area (Å²) in [5, 5.41) is 1.19. The minimum Gasteiger partial charge on any atom is -0.368 e. The second kappa shape index (κ2) is 4.31. The number of nitrogens with one attached hydrogen (secondary N) is 1. The molecule has 2 aromatic heterocycles. The summed E-state index contributed by atoms with van der Waals surface area (Å²) in [5.41, 5.74) is 8.50. The molecular formula is C13H11ClN4. The summed E-state index contributed by atoms with van der Waals surface area (Å²) in [5.74, 6) is 0.181. The lowest BCUT2D eigenvalue weighted by Crippen LogP contribution is -1.94. The van der Waals surface area contributed by atoms with Gasteiger partial charge in [0.05, 0.1) is 5.39 Å². The third kappa shape index (κ3) is 2.02. The number of benzene rings is 1. The van der Waals surface area contributed by atoms with Crippen LogP contribution in [-0.2, 0) is 6.42 Å². The molecule has 0 saturated heterocycles. The second-order valence-electron chi connectivity index (χ2n) is 4.09. The van der Waals surface area contributed by atoms with Crippen molar-refractivity contribution in [1.82, 2.24) is 15.0 Å². The Morgan fingerprint density at radius 3 is 2.72 bits per heavy atom. The number of anilines is 1. The number of aromatic nitrogens is 3. The van der Waals surface area contributed by atoms with Crippen LogP contribution in [0.1, 0.15) is 11.3 Å². The molecule has 0 bridgehead atoms. The molecule has 0 spiro atoms. The Labute approximate surface area is 109 Å². The van der Waals surface area contributed by atoms with Crippen LogP contribution in [0.15, 0.2) is 36.4 Å². The largest absolute Gasteiger partial charge is 0.368 e. The van der Waals surface area contributed by atoms with Gasteiger partial charge >= 0.3 is 0 Å². The molecule has 0 aliphatic carbocycles. The van der Waals surface area contributed by atoms with Crippen LogP contribution in [-0.4, -0.2) is 15.0 Å². The zero-order valence-electron chi connectivity index (χ0n) is 9.52. The first-order valence-electron chi connectivity index (χ1n) is 5.57. The van der Waals surface area contributed by atoms with Gasteiger partial charge < -0.3 is 10.7 Å². The number of hydrogen-bond donors (Lipinski definition) is 2. The van der Waals surface area contributed by atoms with E-state index in [-0.39, 0.29) is 5.95 Å². The predicted octanol–water partition coefficient (Wildman–Crippen LogP) is 2.78. The van der Waals surface area contributed by atoms with Crippen LogP contribution >= 0.6 is 11.6 Å². The Morgan fingerprint density at radius 1 is 1.17 bits per heavy atom. The first kappa shape index (κ1) is 11.0. The maximum atomic E-state index is 6.03. The van der Waals surface area contributed by atoms with Crippen molar-refractivity contribution in [3.8, 4) is 0 Å². The number of nitrogens with zero attached hydrogens (tertiary/aromatic N) is 2. The van der Waals surface area contributed by atoms with E-state index in [0.29, 0.717) is 10.8 Å². The number of H-pyrrole nitrogens is 1. The fourth-order valence-corrected chi connectivity index (χ4v) is 2.19. The molecule has 18 heavy (non-hydrogen) atoms. The van der Waals surface area contributed by atoms with Gasteiger partial charge in [-0.25, -0.2) is 4.98 Å². The van der Waals surface area contributed by atoms with Crippen molar-refractivity contribution in [3.63, 3.8) is 0 Å². The van der Waals surface area contributed by atoms with Gasteiger partial charge in [0, 0.05) is 12.1 Å². The highest BCUT2D eigenvalue weighted by Crippen LogP contribution is 2.23. The molecule has 0 aliphatic heterocycles. The quantitative estimate of drug-likeness (QED) is 0.695. The molecule has 3 N–H and O–H groups in total. The van der Waals surface area contributed by atoms with Gasteiger partial charge in [-0.3, -0.25) is 0 Å². The molecule has 0 atom stereocenters. The molecule has 3 rings (SSSR count).